The van der Waals surface area contributed by atoms with Crippen LogP contribution in [0.25, 0.3) is 11.0 Å². The number of hydrogen-bond acceptors (Lipinski definition) is 3. The van der Waals surface area contributed by atoms with Gasteiger partial charge in [-0.3, -0.25) is 4.79 Å². The lowest BCUT2D eigenvalue weighted by molar-refractivity contribution is 0.567. The monoisotopic (exact) mass is 257 g/mol. The Labute approximate surface area is 113 Å². The zero-order chi connectivity index (χ0) is 13.8. The molecular formula is C16H19NO2. The van der Waals surface area contributed by atoms with Gasteiger partial charge in [-0.1, -0.05) is 26.0 Å². The van der Waals surface area contributed by atoms with Crippen LogP contribution in [0, 0.1) is 20.8 Å². The molecule has 0 saturated heterocycles. The van der Waals surface area contributed by atoms with Crippen LogP contribution in [-0.4, -0.2) is 13.1 Å². The second-order valence-electron chi connectivity index (χ2n) is 4.59. The maximum absolute atomic E-state index is 12.1. The van der Waals surface area contributed by atoms with Gasteiger partial charge in [0.1, 0.15) is 5.58 Å². The molecule has 2 radical (unpaired) electrons. The summed E-state index contributed by atoms with van der Waals surface area (Å²) in [4.78, 5) is 14.2. The lowest BCUT2D eigenvalue weighted by Gasteiger charge is -2.22. The van der Waals surface area contributed by atoms with E-state index in [1.807, 2.05) is 24.0 Å². The van der Waals surface area contributed by atoms with Crippen molar-refractivity contribution in [2.75, 3.05) is 18.0 Å². The fourth-order valence-corrected chi connectivity index (χ4v) is 2.18. The molecular weight excluding hydrogens is 238 g/mol. The van der Waals surface area contributed by atoms with Crippen LogP contribution in [0.2, 0.25) is 0 Å². The molecule has 1 aromatic heterocycles. The summed E-state index contributed by atoms with van der Waals surface area (Å²) in [6, 6.07) is 7.18. The van der Waals surface area contributed by atoms with Crippen molar-refractivity contribution in [3.63, 3.8) is 0 Å². The first-order valence-corrected chi connectivity index (χ1v) is 6.54. The Morgan fingerprint density at radius 2 is 1.89 bits per heavy atom. The number of para-hydroxylation sites is 1. The van der Waals surface area contributed by atoms with Crippen LogP contribution in [0.15, 0.2) is 33.5 Å². The molecule has 0 aliphatic rings. The largest absolute Gasteiger partial charge is 0.440 e. The SMILES string of the molecule is [CH2]CCN(CC[CH2])c1cc(=O)c2cccc(C)c2o1. The van der Waals surface area contributed by atoms with Gasteiger partial charge in [0.05, 0.1) is 5.39 Å². The van der Waals surface area contributed by atoms with Gasteiger partial charge in [-0.25, -0.2) is 0 Å². The zero-order valence-corrected chi connectivity index (χ0v) is 11.3. The fraction of sp³-hybridized carbons (Fsp3) is 0.312. The van der Waals surface area contributed by atoms with E-state index in [4.69, 9.17) is 4.42 Å². The summed E-state index contributed by atoms with van der Waals surface area (Å²) in [6.07, 6.45) is 1.52. The molecule has 0 amide bonds. The molecule has 19 heavy (non-hydrogen) atoms. The number of hydrogen-bond donors (Lipinski definition) is 0. The van der Waals surface area contributed by atoms with Crippen molar-refractivity contribution in [2.45, 2.75) is 19.8 Å². The molecule has 0 bridgehead atoms. The highest BCUT2D eigenvalue weighted by molar-refractivity contribution is 5.80. The smallest absolute Gasteiger partial charge is 0.199 e. The van der Waals surface area contributed by atoms with Gasteiger partial charge < -0.3 is 9.32 Å². The highest BCUT2D eigenvalue weighted by atomic mass is 16.4. The highest BCUT2D eigenvalue weighted by Crippen LogP contribution is 2.22. The van der Waals surface area contributed by atoms with E-state index >= 15 is 0 Å². The summed E-state index contributed by atoms with van der Waals surface area (Å²) in [7, 11) is 0. The summed E-state index contributed by atoms with van der Waals surface area (Å²) >= 11 is 0. The third kappa shape index (κ3) is 2.80. The first-order valence-electron chi connectivity index (χ1n) is 6.54. The lowest BCUT2D eigenvalue weighted by atomic mass is 10.1. The predicted octanol–water partition coefficient (Wildman–Crippen LogP) is 3.36. The number of anilines is 1. The van der Waals surface area contributed by atoms with Crippen LogP contribution >= 0.6 is 0 Å². The first kappa shape index (κ1) is 13.7. The molecule has 0 spiro atoms. The van der Waals surface area contributed by atoms with Crippen molar-refractivity contribution in [3.05, 3.63) is 53.9 Å². The van der Waals surface area contributed by atoms with E-state index in [-0.39, 0.29) is 5.43 Å². The fourth-order valence-electron chi connectivity index (χ4n) is 2.18. The molecule has 100 valence electrons. The molecule has 1 heterocycles. The molecule has 0 aliphatic carbocycles. The predicted molar refractivity (Wildman–Crippen MR) is 79.4 cm³/mol. The minimum absolute atomic E-state index is 0.00178. The van der Waals surface area contributed by atoms with E-state index in [2.05, 4.69) is 13.8 Å². The standard InChI is InChI=1S/C16H19NO2/c1-4-9-17(10-5-2)15-11-14(18)13-8-6-7-12(3)16(13)19-15/h6-8,11H,1-2,4-5,9-10H2,3H3. The third-order valence-corrected chi connectivity index (χ3v) is 3.11. The Bertz CT molecular complexity index is 610. The zero-order valence-electron chi connectivity index (χ0n) is 11.3. The van der Waals surface area contributed by atoms with Gasteiger partial charge in [-0.2, -0.15) is 0 Å². The second-order valence-corrected chi connectivity index (χ2v) is 4.59. The van der Waals surface area contributed by atoms with Crippen molar-refractivity contribution in [3.8, 4) is 0 Å². The van der Waals surface area contributed by atoms with Crippen LogP contribution in [0.1, 0.15) is 18.4 Å². The van der Waals surface area contributed by atoms with Gasteiger partial charge in [0, 0.05) is 19.2 Å². The van der Waals surface area contributed by atoms with Crippen molar-refractivity contribution >= 4 is 16.9 Å². The number of fused-ring (bicyclic) bond motifs is 1. The minimum atomic E-state index is -0.00178. The Morgan fingerprint density at radius 3 is 2.53 bits per heavy atom. The molecule has 0 aliphatic heterocycles. The van der Waals surface area contributed by atoms with Crippen molar-refractivity contribution in [1.82, 2.24) is 0 Å². The maximum Gasteiger partial charge on any atom is 0.199 e. The first-order chi connectivity index (χ1) is 9.17. The van der Waals surface area contributed by atoms with E-state index < -0.39 is 0 Å². The van der Waals surface area contributed by atoms with Crippen molar-refractivity contribution in [1.29, 1.82) is 0 Å². The van der Waals surface area contributed by atoms with Crippen LogP contribution in [0.4, 0.5) is 5.88 Å². The molecule has 0 atom stereocenters. The van der Waals surface area contributed by atoms with Crippen molar-refractivity contribution < 1.29 is 4.42 Å². The molecule has 0 unspecified atom stereocenters. The summed E-state index contributed by atoms with van der Waals surface area (Å²) in [5.74, 6) is 0.610. The van der Waals surface area contributed by atoms with Crippen molar-refractivity contribution in [2.24, 2.45) is 0 Å². The Kier molecular flexibility index (Phi) is 4.25. The van der Waals surface area contributed by atoms with Crippen LogP contribution < -0.4 is 10.3 Å². The normalized spacial score (nSPS) is 10.9. The van der Waals surface area contributed by atoms with Gasteiger partial charge in [0.25, 0.3) is 0 Å². The molecule has 2 rings (SSSR count). The van der Waals surface area contributed by atoms with Gasteiger partial charge in [-0.15, -0.1) is 0 Å². The minimum Gasteiger partial charge on any atom is -0.440 e. The van der Waals surface area contributed by atoms with Crippen LogP contribution in [-0.2, 0) is 0 Å². The lowest BCUT2D eigenvalue weighted by Crippen LogP contribution is -2.26. The Morgan fingerprint density at radius 1 is 1.21 bits per heavy atom. The second kappa shape index (κ2) is 5.91. The van der Waals surface area contributed by atoms with Gasteiger partial charge in [0.2, 0.25) is 0 Å². The summed E-state index contributed by atoms with van der Waals surface area (Å²) in [5.41, 5.74) is 1.64. The molecule has 1 aromatic carbocycles. The van der Waals surface area contributed by atoms with E-state index in [0.29, 0.717) is 16.9 Å². The summed E-state index contributed by atoms with van der Waals surface area (Å²) in [5, 5.41) is 0.632. The Hall–Kier alpha value is -1.77. The number of nitrogens with zero attached hydrogens (tertiary/aromatic N) is 1. The molecule has 0 saturated carbocycles. The quantitative estimate of drug-likeness (QED) is 0.823. The molecule has 0 fully saturated rings. The highest BCUT2D eigenvalue weighted by Gasteiger charge is 2.11. The number of aryl methyl sites for hydroxylation is 1. The number of rotatable bonds is 5. The molecule has 2 aromatic rings. The van der Waals surface area contributed by atoms with Gasteiger partial charge in [-0.05, 0) is 31.4 Å². The average Bonchev–Trinajstić information content (AvgIpc) is 2.39. The summed E-state index contributed by atoms with van der Waals surface area (Å²) in [6.45, 7) is 11.2. The Balaban J connectivity index is 2.55. The average molecular weight is 257 g/mol. The third-order valence-electron chi connectivity index (χ3n) is 3.11. The summed E-state index contributed by atoms with van der Waals surface area (Å²) < 4.78 is 5.91. The van der Waals surface area contributed by atoms with E-state index in [1.54, 1.807) is 12.1 Å². The van der Waals surface area contributed by atoms with E-state index in [9.17, 15) is 4.79 Å². The van der Waals surface area contributed by atoms with Gasteiger partial charge in [0.15, 0.2) is 11.3 Å². The van der Waals surface area contributed by atoms with E-state index in [1.165, 1.54) is 0 Å². The van der Waals surface area contributed by atoms with Gasteiger partial charge >= 0.3 is 0 Å². The molecule has 3 heteroatoms. The topological polar surface area (TPSA) is 33.5 Å². The van der Waals surface area contributed by atoms with E-state index in [0.717, 1.165) is 31.5 Å². The maximum atomic E-state index is 12.1. The molecule has 0 N–H and O–H groups in total. The van der Waals surface area contributed by atoms with Crippen LogP contribution in [0.3, 0.4) is 0 Å². The van der Waals surface area contributed by atoms with Crippen LogP contribution in [0.5, 0.6) is 0 Å². The molecule has 3 nitrogen and oxygen atoms in total. The number of benzene rings is 1.